The fourth-order valence-electron chi connectivity index (χ4n) is 2.77. The first kappa shape index (κ1) is 16.8. The Morgan fingerprint density at radius 3 is 2.57 bits per heavy atom. The molecule has 1 saturated heterocycles. The van der Waals surface area contributed by atoms with Crippen LogP contribution in [0.4, 0.5) is 4.39 Å². The predicted octanol–water partition coefficient (Wildman–Crippen LogP) is 4.68. The van der Waals surface area contributed by atoms with E-state index in [1.54, 1.807) is 0 Å². The van der Waals surface area contributed by atoms with Crippen LogP contribution in [-0.2, 0) is 0 Å². The van der Waals surface area contributed by atoms with Gasteiger partial charge in [0.15, 0.2) is 0 Å². The van der Waals surface area contributed by atoms with Gasteiger partial charge in [-0.2, -0.15) is 0 Å². The van der Waals surface area contributed by atoms with E-state index in [2.05, 4.69) is 20.8 Å². The number of halogens is 2. The van der Waals surface area contributed by atoms with Crippen molar-refractivity contribution in [2.45, 2.75) is 38.8 Å². The molecule has 1 aromatic rings. The molecule has 1 unspecified atom stereocenters. The third-order valence-corrected chi connectivity index (χ3v) is 4.59. The van der Waals surface area contributed by atoms with Crippen LogP contribution in [0.1, 0.15) is 32.6 Å². The molecule has 0 aliphatic carbocycles. The van der Waals surface area contributed by atoms with Crippen LogP contribution in [-0.4, -0.2) is 37.3 Å². The van der Waals surface area contributed by atoms with Gasteiger partial charge in [-0.1, -0.05) is 29.3 Å². The zero-order valence-corrected chi connectivity index (χ0v) is 14.3. The van der Waals surface area contributed by atoms with Gasteiger partial charge in [0.1, 0.15) is 11.9 Å². The van der Waals surface area contributed by atoms with Crippen LogP contribution in [0.25, 0.3) is 0 Å². The number of rotatable bonds is 7. The minimum atomic E-state index is -0.662. The van der Waals surface area contributed by atoms with Crippen molar-refractivity contribution in [2.75, 3.05) is 26.2 Å². The molecule has 1 aliphatic heterocycles. The minimum absolute atomic E-state index is 0.592. The lowest BCUT2D eigenvalue weighted by molar-refractivity contribution is 0.113. The van der Waals surface area contributed by atoms with Gasteiger partial charge in [-0.15, -0.1) is 0 Å². The monoisotopic (exact) mass is 357 g/mol. The van der Waals surface area contributed by atoms with E-state index in [0.29, 0.717) is 18.9 Å². The molecule has 1 heterocycles. The molecule has 0 N–H and O–H groups in total. The smallest absolute Gasteiger partial charge is 0.119 e. The van der Waals surface area contributed by atoms with Crippen molar-refractivity contribution in [3.05, 3.63) is 28.7 Å². The molecule has 4 heteroatoms. The fourth-order valence-corrected chi connectivity index (χ4v) is 3.03. The highest BCUT2D eigenvalue weighted by Crippen LogP contribution is 2.21. The topological polar surface area (TPSA) is 12.5 Å². The Bertz CT molecular complexity index is 404. The zero-order chi connectivity index (χ0) is 15.1. The molecule has 1 atom stereocenters. The molecule has 0 bridgehead atoms. The van der Waals surface area contributed by atoms with Crippen LogP contribution >= 0.6 is 15.9 Å². The van der Waals surface area contributed by atoms with Gasteiger partial charge in [-0.25, -0.2) is 4.39 Å². The van der Waals surface area contributed by atoms with Gasteiger partial charge in [-0.05, 0) is 62.5 Å². The van der Waals surface area contributed by atoms with Crippen LogP contribution in [0.5, 0.6) is 5.75 Å². The Balaban J connectivity index is 1.66. The summed E-state index contributed by atoms with van der Waals surface area (Å²) in [5.41, 5.74) is 0. The van der Waals surface area contributed by atoms with Crippen molar-refractivity contribution in [1.82, 2.24) is 4.90 Å². The number of likely N-dealkylation sites (tertiary alicyclic amines) is 1. The van der Waals surface area contributed by atoms with Crippen molar-refractivity contribution in [2.24, 2.45) is 5.92 Å². The van der Waals surface area contributed by atoms with Crippen LogP contribution in [0, 0.1) is 5.92 Å². The molecule has 0 aromatic heterocycles. The molecule has 0 spiro atoms. The molecular weight excluding hydrogens is 333 g/mol. The second-order valence-electron chi connectivity index (χ2n) is 5.89. The first-order valence-electron chi connectivity index (χ1n) is 7.92. The van der Waals surface area contributed by atoms with Crippen LogP contribution in [0.2, 0.25) is 0 Å². The van der Waals surface area contributed by atoms with Crippen LogP contribution in [0.3, 0.4) is 0 Å². The maximum atomic E-state index is 13.6. The standard InChI is InChI=1S/C17H25BrFNO/c1-2-3-16(19)12-20-10-8-14(9-11-20)13-21-17-6-4-15(18)5-7-17/h4-7,14,16H,2-3,8-13H2,1H3. The summed E-state index contributed by atoms with van der Waals surface area (Å²) in [5, 5.41) is 0. The molecule has 1 aliphatic rings. The average Bonchev–Trinajstić information content (AvgIpc) is 2.48. The van der Waals surface area contributed by atoms with E-state index in [0.717, 1.165) is 49.2 Å². The number of piperidine rings is 1. The molecule has 0 radical (unpaired) electrons. The van der Waals surface area contributed by atoms with Crippen LogP contribution < -0.4 is 4.74 Å². The Hall–Kier alpha value is -0.610. The van der Waals surface area contributed by atoms with Gasteiger partial charge in [0.2, 0.25) is 0 Å². The Morgan fingerprint density at radius 2 is 1.95 bits per heavy atom. The van der Waals surface area contributed by atoms with E-state index in [4.69, 9.17) is 4.74 Å². The lowest BCUT2D eigenvalue weighted by atomic mass is 9.97. The van der Waals surface area contributed by atoms with Gasteiger partial charge in [-0.3, -0.25) is 0 Å². The molecular formula is C17H25BrFNO. The predicted molar refractivity (Wildman–Crippen MR) is 88.6 cm³/mol. The normalized spacial score (nSPS) is 18.6. The van der Waals surface area contributed by atoms with Gasteiger partial charge >= 0.3 is 0 Å². The first-order valence-corrected chi connectivity index (χ1v) is 8.71. The highest BCUT2D eigenvalue weighted by Gasteiger charge is 2.21. The molecule has 0 saturated carbocycles. The second-order valence-corrected chi connectivity index (χ2v) is 6.81. The summed E-state index contributed by atoms with van der Waals surface area (Å²) in [6.07, 6.45) is 3.17. The third-order valence-electron chi connectivity index (χ3n) is 4.06. The number of alkyl halides is 1. The molecule has 0 amide bonds. The van der Waals surface area contributed by atoms with Crippen molar-refractivity contribution >= 4 is 15.9 Å². The lowest BCUT2D eigenvalue weighted by Gasteiger charge is -2.32. The number of nitrogens with zero attached hydrogens (tertiary/aromatic N) is 1. The first-order chi connectivity index (χ1) is 10.2. The highest BCUT2D eigenvalue weighted by atomic mass is 79.9. The van der Waals surface area contributed by atoms with E-state index in [9.17, 15) is 4.39 Å². The molecule has 1 fully saturated rings. The van der Waals surface area contributed by atoms with E-state index in [1.807, 2.05) is 31.2 Å². The van der Waals surface area contributed by atoms with E-state index >= 15 is 0 Å². The second kappa shape index (κ2) is 8.74. The molecule has 118 valence electrons. The van der Waals surface area contributed by atoms with Crippen molar-refractivity contribution in [3.63, 3.8) is 0 Å². The van der Waals surface area contributed by atoms with E-state index in [1.165, 1.54) is 0 Å². The summed E-state index contributed by atoms with van der Waals surface area (Å²) in [7, 11) is 0. The van der Waals surface area contributed by atoms with E-state index in [-0.39, 0.29) is 0 Å². The molecule has 1 aromatic carbocycles. The summed E-state index contributed by atoms with van der Waals surface area (Å²) in [6, 6.07) is 7.95. The SMILES string of the molecule is CCCC(F)CN1CCC(COc2ccc(Br)cc2)CC1. The summed E-state index contributed by atoms with van der Waals surface area (Å²) < 4.78 is 20.5. The zero-order valence-electron chi connectivity index (χ0n) is 12.7. The van der Waals surface area contributed by atoms with Gasteiger partial charge in [0, 0.05) is 11.0 Å². The van der Waals surface area contributed by atoms with Gasteiger partial charge in [0.05, 0.1) is 6.61 Å². The molecule has 2 rings (SSSR count). The summed E-state index contributed by atoms with van der Waals surface area (Å²) >= 11 is 3.42. The molecule has 21 heavy (non-hydrogen) atoms. The van der Waals surface area contributed by atoms with Crippen molar-refractivity contribution in [3.8, 4) is 5.75 Å². The van der Waals surface area contributed by atoms with Crippen LogP contribution in [0.15, 0.2) is 28.7 Å². The molecule has 2 nitrogen and oxygen atoms in total. The Morgan fingerprint density at radius 1 is 1.29 bits per heavy atom. The fraction of sp³-hybridized carbons (Fsp3) is 0.647. The Labute approximate surface area is 135 Å². The third kappa shape index (κ3) is 5.95. The Kier molecular flexibility index (Phi) is 6.97. The number of ether oxygens (including phenoxy) is 1. The average molecular weight is 358 g/mol. The van der Waals surface area contributed by atoms with Gasteiger partial charge < -0.3 is 9.64 Å². The summed E-state index contributed by atoms with van der Waals surface area (Å²) in [4.78, 5) is 2.26. The quantitative estimate of drug-likeness (QED) is 0.702. The summed E-state index contributed by atoms with van der Waals surface area (Å²) in [6.45, 7) is 5.41. The largest absolute Gasteiger partial charge is 0.493 e. The summed E-state index contributed by atoms with van der Waals surface area (Å²) in [5.74, 6) is 1.52. The number of hydrogen-bond acceptors (Lipinski definition) is 2. The number of hydrogen-bond donors (Lipinski definition) is 0. The van der Waals surface area contributed by atoms with Gasteiger partial charge in [0.25, 0.3) is 0 Å². The maximum absolute atomic E-state index is 13.6. The van der Waals surface area contributed by atoms with E-state index < -0.39 is 6.17 Å². The highest BCUT2D eigenvalue weighted by molar-refractivity contribution is 9.10. The maximum Gasteiger partial charge on any atom is 0.119 e. The number of benzene rings is 1. The van der Waals surface area contributed by atoms with Crippen molar-refractivity contribution < 1.29 is 9.13 Å². The lowest BCUT2D eigenvalue weighted by Crippen LogP contribution is -2.39. The van der Waals surface area contributed by atoms with Crippen molar-refractivity contribution in [1.29, 1.82) is 0 Å². The minimum Gasteiger partial charge on any atom is -0.493 e.